The predicted octanol–water partition coefficient (Wildman–Crippen LogP) is 1.99. The zero-order chi connectivity index (χ0) is 12.7. The molecule has 90 valence electrons. The summed E-state index contributed by atoms with van der Waals surface area (Å²) in [5.74, 6) is 0.792. The monoisotopic (exact) mass is 239 g/mol. The maximum Gasteiger partial charge on any atom is 0.179 e. The van der Waals surface area contributed by atoms with E-state index >= 15 is 0 Å². The third kappa shape index (κ3) is 1.52. The highest BCUT2D eigenvalue weighted by Crippen LogP contribution is 2.27. The van der Waals surface area contributed by atoms with Crippen LogP contribution in [-0.4, -0.2) is 19.6 Å². The summed E-state index contributed by atoms with van der Waals surface area (Å²) in [7, 11) is 0. The van der Waals surface area contributed by atoms with E-state index in [9.17, 15) is 0 Å². The molecule has 0 amide bonds. The van der Waals surface area contributed by atoms with Crippen molar-refractivity contribution >= 4 is 11.3 Å². The van der Waals surface area contributed by atoms with Crippen molar-refractivity contribution in [3.8, 4) is 11.4 Å². The van der Waals surface area contributed by atoms with Crippen molar-refractivity contribution in [3.05, 3.63) is 41.9 Å². The van der Waals surface area contributed by atoms with Crippen molar-refractivity contribution < 1.29 is 0 Å². The van der Waals surface area contributed by atoms with E-state index in [4.69, 9.17) is 5.73 Å². The summed E-state index contributed by atoms with van der Waals surface area (Å²) in [5.41, 5.74) is 10.7. The number of anilines is 1. The molecule has 0 saturated heterocycles. The Bertz CT molecular complexity index is 729. The molecule has 0 radical (unpaired) electrons. The van der Waals surface area contributed by atoms with E-state index in [0.29, 0.717) is 0 Å². The topological polar surface area (TPSA) is 69.1 Å². The molecule has 2 aromatic heterocycles. The zero-order valence-electron chi connectivity index (χ0n) is 10.3. The van der Waals surface area contributed by atoms with Gasteiger partial charge >= 0.3 is 0 Å². The summed E-state index contributed by atoms with van der Waals surface area (Å²) >= 11 is 0. The molecule has 5 nitrogen and oxygen atoms in total. The Labute approximate surface area is 104 Å². The van der Waals surface area contributed by atoms with Gasteiger partial charge in [-0.25, -0.2) is 0 Å². The lowest BCUT2D eigenvalue weighted by Gasteiger charge is -2.08. The van der Waals surface area contributed by atoms with E-state index in [1.807, 2.05) is 29.7 Å². The fraction of sp³-hybridized carbons (Fsp3) is 0.154. The van der Waals surface area contributed by atoms with Crippen LogP contribution in [0.25, 0.3) is 17.0 Å². The van der Waals surface area contributed by atoms with Crippen molar-refractivity contribution in [2.75, 3.05) is 5.73 Å². The molecule has 0 bridgehead atoms. The van der Waals surface area contributed by atoms with Gasteiger partial charge in [-0.05, 0) is 37.1 Å². The van der Waals surface area contributed by atoms with Crippen molar-refractivity contribution in [3.63, 3.8) is 0 Å². The summed E-state index contributed by atoms with van der Waals surface area (Å²) < 4.78 is 1.91. The molecule has 0 aliphatic carbocycles. The molecule has 3 aromatic rings. The van der Waals surface area contributed by atoms with Gasteiger partial charge in [0.05, 0.1) is 6.20 Å². The molecule has 2 heterocycles. The van der Waals surface area contributed by atoms with Crippen LogP contribution in [0.5, 0.6) is 0 Å². The zero-order valence-corrected chi connectivity index (χ0v) is 10.3. The molecule has 0 atom stereocenters. The number of nitrogens with two attached hydrogens (primary N) is 1. The molecule has 0 fully saturated rings. The first-order chi connectivity index (χ1) is 8.66. The molecule has 2 N–H and O–H groups in total. The van der Waals surface area contributed by atoms with Gasteiger partial charge in [-0.2, -0.15) is 0 Å². The van der Waals surface area contributed by atoms with Crippen LogP contribution in [0.2, 0.25) is 0 Å². The lowest BCUT2D eigenvalue weighted by atomic mass is 10.0. The van der Waals surface area contributed by atoms with E-state index in [-0.39, 0.29) is 0 Å². The Hall–Kier alpha value is -2.43. The van der Waals surface area contributed by atoms with Gasteiger partial charge in [-0.3, -0.25) is 9.38 Å². The minimum absolute atomic E-state index is 0.729. The molecule has 0 aliphatic heterocycles. The predicted molar refractivity (Wildman–Crippen MR) is 70.1 cm³/mol. The summed E-state index contributed by atoms with van der Waals surface area (Å²) in [6.07, 6.45) is 5.25. The van der Waals surface area contributed by atoms with Crippen molar-refractivity contribution in [2.45, 2.75) is 13.8 Å². The molecule has 0 saturated carbocycles. The van der Waals surface area contributed by atoms with Crippen molar-refractivity contribution in [2.24, 2.45) is 0 Å². The van der Waals surface area contributed by atoms with E-state index in [0.717, 1.165) is 33.8 Å². The van der Waals surface area contributed by atoms with Gasteiger partial charge in [0.1, 0.15) is 0 Å². The van der Waals surface area contributed by atoms with Gasteiger partial charge in [0.2, 0.25) is 0 Å². The second kappa shape index (κ2) is 3.80. The SMILES string of the molecule is Cc1cc(N)cc(-c2nnc3cnccn23)c1C. The number of fused-ring (bicyclic) bond motifs is 1. The van der Waals surface area contributed by atoms with Gasteiger partial charge in [-0.15, -0.1) is 10.2 Å². The summed E-state index contributed by atoms with van der Waals surface area (Å²) in [4.78, 5) is 4.03. The number of benzene rings is 1. The smallest absolute Gasteiger partial charge is 0.179 e. The van der Waals surface area contributed by atoms with Crippen LogP contribution in [0.15, 0.2) is 30.7 Å². The molecular formula is C13H13N5. The third-order valence-electron chi connectivity index (χ3n) is 3.14. The van der Waals surface area contributed by atoms with Crippen LogP contribution in [-0.2, 0) is 0 Å². The Balaban J connectivity index is 2.33. The van der Waals surface area contributed by atoms with Crippen LogP contribution in [0.4, 0.5) is 5.69 Å². The van der Waals surface area contributed by atoms with Crippen molar-refractivity contribution in [1.29, 1.82) is 0 Å². The molecule has 0 aliphatic rings. The van der Waals surface area contributed by atoms with Gasteiger partial charge < -0.3 is 5.73 Å². The summed E-state index contributed by atoms with van der Waals surface area (Å²) in [5, 5.41) is 8.33. The average Bonchev–Trinajstić information content (AvgIpc) is 2.77. The number of nitrogens with zero attached hydrogens (tertiary/aromatic N) is 4. The quantitative estimate of drug-likeness (QED) is 0.659. The standard InChI is InChI=1S/C13H13N5/c1-8-5-10(14)6-11(9(8)2)13-17-16-12-7-15-3-4-18(12)13/h3-7H,14H2,1-2H3. The van der Waals surface area contributed by atoms with E-state index < -0.39 is 0 Å². The molecule has 0 spiro atoms. The van der Waals surface area contributed by atoms with Gasteiger partial charge in [-0.1, -0.05) is 0 Å². The lowest BCUT2D eigenvalue weighted by Crippen LogP contribution is -1.96. The first-order valence-corrected chi connectivity index (χ1v) is 5.68. The van der Waals surface area contributed by atoms with Gasteiger partial charge in [0.25, 0.3) is 0 Å². The fourth-order valence-electron chi connectivity index (χ4n) is 2.06. The van der Waals surface area contributed by atoms with Gasteiger partial charge in [0, 0.05) is 23.6 Å². The third-order valence-corrected chi connectivity index (χ3v) is 3.14. The fourth-order valence-corrected chi connectivity index (χ4v) is 2.06. The summed E-state index contributed by atoms with van der Waals surface area (Å²) in [6.45, 7) is 4.10. The second-order valence-electron chi connectivity index (χ2n) is 4.34. The van der Waals surface area contributed by atoms with E-state index in [1.165, 1.54) is 0 Å². The highest BCUT2D eigenvalue weighted by Gasteiger charge is 2.12. The number of hydrogen-bond acceptors (Lipinski definition) is 4. The molecule has 1 aromatic carbocycles. The second-order valence-corrected chi connectivity index (χ2v) is 4.34. The maximum absolute atomic E-state index is 5.91. The lowest BCUT2D eigenvalue weighted by molar-refractivity contribution is 1.10. The Morgan fingerprint density at radius 3 is 2.83 bits per heavy atom. The molecule has 0 unspecified atom stereocenters. The average molecular weight is 239 g/mol. The maximum atomic E-state index is 5.91. The van der Waals surface area contributed by atoms with Crippen molar-refractivity contribution in [1.82, 2.24) is 19.6 Å². The van der Waals surface area contributed by atoms with Crippen LogP contribution >= 0.6 is 0 Å². The molecular weight excluding hydrogens is 226 g/mol. The highest BCUT2D eigenvalue weighted by molar-refractivity contribution is 5.69. The number of aromatic nitrogens is 4. The normalized spacial score (nSPS) is 11.0. The first kappa shape index (κ1) is 10.7. The minimum atomic E-state index is 0.729. The Kier molecular flexibility index (Phi) is 2.26. The van der Waals surface area contributed by atoms with Crippen LogP contribution in [0.1, 0.15) is 11.1 Å². The summed E-state index contributed by atoms with van der Waals surface area (Å²) in [6, 6.07) is 3.89. The number of aryl methyl sites for hydroxylation is 1. The number of rotatable bonds is 1. The van der Waals surface area contributed by atoms with E-state index in [2.05, 4.69) is 22.1 Å². The Morgan fingerprint density at radius 1 is 1.17 bits per heavy atom. The number of nitrogen functional groups attached to an aromatic ring is 1. The number of hydrogen-bond donors (Lipinski definition) is 1. The minimum Gasteiger partial charge on any atom is -0.399 e. The molecule has 3 rings (SSSR count). The highest BCUT2D eigenvalue weighted by atomic mass is 15.2. The molecule has 5 heteroatoms. The first-order valence-electron chi connectivity index (χ1n) is 5.68. The van der Waals surface area contributed by atoms with Crippen LogP contribution < -0.4 is 5.73 Å². The largest absolute Gasteiger partial charge is 0.399 e. The van der Waals surface area contributed by atoms with Gasteiger partial charge in [0.15, 0.2) is 11.5 Å². The van der Waals surface area contributed by atoms with Crippen LogP contribution in [0, 0.1) is 13.8 Å². The van der Waals surface area contributed by atoms with E-state index in [1.54, 1.807) is 12.4 Å². The van der Waals surface area contributed by atoms with Crippen LogP contribution in [0.3, 0.4) is 0 Å². The Morgan fingerprint density at radius 2 is 2.00 bits per heavy atom. The molecule has 18 heavy (non-hydrogen) atoms.